The van der Waals surface area contributed by atoms with E-state index >= 15 is 0 Å². The molecule has 1 aromatic rings. The molecule has 0 aliphatic heterocycles. The molecule has 20 heavy (non-hydrogen) atoms. The van der Waals surface area contributed by atoms with Crippen molar-refractivity contribution in [1.82, 2.24) is 5.32 Å². The molecule has 0 bridgehead atoms. The summed E-state index contributed by atoms with van der Waals surface area (Å²) in [5.74, 6) is 0.255. The van der Waals surface area contributed by atoms with E-state index in [-0.39, 0.29) is 6.54 Å². The van der Waals surface area contributed by atoms with Crippen LogP contribution in [0, 0.1) is 0 Å². The van der Waals surface area contributed by atoms with Crippen LogP contribution in [0.15, 0.2) is 18.2 Å². The number of imide groups is 1. The number of benzene rings is 1. The van der Waals surface area contributed by atoms with Gasteiger partial charge in [-0.05, 0) is 19.9 Å². The van der Waals surface area contributed by atoms with Crippen LogP contribution in [-0.4, -0.2) is 24.6 Å². The maximum Gasteiger partial charge on any atom is 0.318 e. The van der Waals surface area contributed by atoms with E-state index in [0.29, 0.717) is 23.7 Å². The molecule has 1 rings (SSSR count). The molecule has 110 valence electrons. The molecule has 1 atom stereocenters. The van der Waals surface area contributed by atoms with Gasteiger partial charge < -0.3 is 20.9 Å². The topological polar surface area (TPSA) is 117 Å². The molecule has 1 aromatic carbocycles. The Morgan fingerprint density at radius 3 is 2.65 bits per heavy atom. The van der Waals surface area contributed by atoms with E-state index in [1.807, 2.05) is 12.2 Å². The van der Waals surface area contributed by atoms with Crippen LogP contribution in [0.1, 0.15) is 19.4 Å². The number of hydrogen-bond acceptors (Lipinski definition) is 5. The minimum Gasteiger partial charge on any atom is -0.490 e. The monoisotopic (exact) mass is 281 g/mol. The maximum absolute atomic E-state index is 11.6. The summed E-state index contributed by atoms with van der Waals surface area (Å²) < 4.78 is 11.0. The quantitative estimate of drug-likeness (QED) is 0.702. The van der Waals surface area contributed by atoms with Gasteiger partial charge in [-0.15, -0.1) is 0 Å². The summed E-state index contributed by atoms with van der Waals surface area (Å²) in [4.78, 5) is 22.3. The van der Waals surface area contributed by atoms with Crippen LogP contribution in [0.5, 0.6) is 11.5 Å². The molecule has 1 unspecified atom stereocenters. The number of carbonyl (C=O) groups is 2. The fraction of sp³-hybridized carbons (Fsp3) is 0.385. The summed E-state index contributed by atoms with van der Waals surface area (Å²) in [7, 11) is 0. The zero-order valence-corrected chi connectivity index (χ0v) is 11.5. The standard InChI is InChI=1S/C13H19N3O4/c1-3-19-10-6-4-5-9(7-14)11(10)20-8(2)12(17)16-13(15)18/h4-6,8H,3,7,14H2,1-2H3,(H3,15,16,17,18). The fourth-order valence-corrected chi connectivity index (χ4v) is 1.58. The number of ether oxygens (including phenoxy) is 2. The molecule has 0 aliphatic carbocycles. The van der Waals surface area contributed by atoms with Gasteiger partial charge in [-0.2, -0.15) is 0 Å². The first-order chi connectivity index (χ1) is 9.49. The van der Waals surface area contributed by atoms with E-state index in [1.54, 1.807) is 18.2 Å². The Morgan fingerprint density at radius 1 is 1.40 bits per heavy atom. The third kappa shape index (κ3) is 4.13. The van der Waals surface area contributed by atoms with Gasteiger partial charge in [0.05, 0.1) is 6.61 Å². The number of nitrogens with one attached hydrogen (secondary N) is 1. The molecule has 7 heteroatoms. The van der Waals surface area contributed by atoms with Crippen molar-refractivity contribution in [3.8, 4) is 11.5 Å². The highest BCUT2D eigenvalue weighted by molar-refractivity contribution is 5.95. The predicted molar refractivity (Wildman–Crippen MR) is 73.3 cm³/mol. The predicted octanol–water partition coefficient (Wildman–Crippen LogP) is 0.506. The summed E-state index contributed by atoms with van der Waals surface area (Å²) in [6.45, 7) is 4.02. The van der Waals surface area contributed by atoms with Crippen LogP contribution < -0.4 is 26.3 Å². The van der Waals surface area contributed by atoms with Gasteiger partial charge >= 0.3 is 6.03 Å². The highest BCUT2D eigenvalue weighted by atomic mass is 16.5. The Labute approximate surface area is 117 Å². The Hall–Kier alpha value is -2.28. The number of carbonyl (C=O) groups excluding carboxylic acids is 2. The van der Waals surface area contributed by atoms with Crippen molar-refractivity contribution in [2.24, 2.45) is 11.5 Å². The van der Waals surface area contributed by atoms with E-state index < -0.39 is 18.0 Å². The van der Waals surface area contributed by atoms with E-state index in [2.05, 4.69) is 0 Å². The number of urea groups is 1. The Bertz CT molecular complexity index is 491. The van der Waals surface area contributed by atoms with Crippen molar-refractivity contribution in [3.63, 3.8) is 0 Å². The lowest BCUT2D eigenvalue weighted by atomic mass is 10.2. The first-order valence-corrected chi connectivity index (χ1v) is 6.21. The Balaban J connectivity index is 2.94. The number of primary amides is 1. The maximum atomic E-state index is 11.6. The van der Waals surface area contributed by atoms with Gasteiger partial charge in [0.25, 0.3) is 5.91 Å². The largest absolute Gasteiger partial charge is 0.490 e. The molecule has 0 saturated heterocycles. The average molecular weight is 281 g/mol. The van der Waals surface area contributed by atoms with E-state index in [1.165, 1.54) is 6.92 Å². The van der Waals surface area contributed by atoms with Crippen molar-refractivity contribution in [1.29, 1.82) is 0 Å². The number of amides is 3. The van der Waals surface area contributed by atoms with E-state index in [9.17, 15) is 9.59 Å². The molecular formula is C13H19N3O4. The molecule has 0 spiro atoms. The summed E-state index contributed by atoms with van der Waals surface area (Å²) in [5.41, 5.74) is 11.2. The van der Waals surface area contributed by atoms with Gasteiger partial charge in [-0.1, -0.05) is 12.1 Å². The van der Waals surface area contributed by atoms with Crippen LogP contribution in [0.4, 0.5) is 4.79 Å². The van der Waals surface area contributed by atoms with Gasteiger partial charge in [-0.25, -0.2) is 4.79 Å². The number of para-hydroxylation sites is 1. The van der Waals surface area contributed by atoms with Crippen molar-refractivity contribution in [2.45, 2.75) is 26.5 Å². The number of hydrogen-bond donors (Lipinski definition) is 3. The van der Waals surface area contributed by atoms with Crippen molar-refractivity contribution < 1.29 is 19.1 Å². The van der Waals surface area contributed by atoms with Gasteiger partial charge in [0.2, 0.25) is 0 Å². The first kappa shape index (κ1) is 15.8. The zero-order chi connectivity index (χ0) is 15.1. The molecule has 3 amide bonds. The molecule has 0 saturated carbocycles. The zero-order valence-electron chi connectivity index (χ0n) is 11.5. The lowest BCUT2D eigenvalue weighted by Gasteiger charge is -2.19. The van der Waals surface area contributed by atoms with Gasteiger partial charge in [-0.3, -0.25) is 10.1 Å². The van der Waals surface area contributed by atoms with Gasteiger partial charge in [0.15, 0.2) is 17.6 Å². The highest BCUT2D eigenvalue weighted by Gasteiger charge is 2.20. The second-order valence-corrected chi connectivity index (χ2v) is 4.00. The van der Waals surface area contributed by atoms with Crippen LogP contribution >= 0.6 is 0 Å². The SMILES string of the molecule is CCOc1cccc(CN)c1OC(C)C(=O)NC(N)=O. The third-order valence-electron chi connectivity index (χ3n) is 2.49. The summed E-state index contributed by atoms with van der Waals surface area (Å²) in [6.07, 6.45) is -0.908. The van der Waals surface area contributed by atoms with Gasteiger partial charge in [0.1, 0.15) is 0 Å². The molecule has 0 fully saturated rings. The lowest BCUT2D eigenvalue weighted by Crippen LogP contribution is -2.42. The first-order valence-electron chi connectivity index (χ1n) is 6.21. The van der Waals surface area contributed by atoms with Crippen molar-refractivity contribution in [3.05, 3.63) is 23.8 Å². The summed E-state index contributed by atoms with van der Waals surface area (Å²) >= 11 is 0. The molecule has 0 aliphatic rings. The molecular weight excluding hydrogens is 262 g/mol. The molecule has 0 aromatic heterocycles. The van der Waals surface area contributed by atoms with Crippen LogP contribution in [0.25, 0.3) is 0 Å². The van der Waals surface area contributed by atoms with E-state index in [0.717, 1.165) is 0 Å². The minimum absolute atomic E-state index is 0.237. The van der Waals surface area contributed by atoms with Gasteiger partial charge in [0, 0.05) is 12.1 Å². The summed E-state index contributed by atoms with van der Waals surface area (Å²) in [5, 5.41) is 1.95. The van der Waals surface area contributed by atoms with Crippen molar-refractivity contribution >= 4 is 11.9 Å². The Kier molecular flexibility index (Phi) is 5.79. The molecule has 0 radical (unpaired) electrons. The van der Waals surface area contributed by atoms with Crippen LogP contribution in [-0.2, 0) is 11.3 Å². The second kappa shape index (κ2) is 7.34. The van der Waals surface area contributed by atoms with Crippen molar-refractivity contribution in [2.75, 3.05) is 6.61 Å². The Morgan fingerprint density at radius 2 is 2.10 bits per heavy atom. The second-order valence-electron chi connectivity index (χ2n) is 4.00. The molecule has 5 N–H and O–H groups in total. The minimum atomic E-state index is -0.928. The highest BCUT2D eigenvalue weighted by Crippen LogP contribution is 2.32. The summed E-state index contributed by atoms with van der Waals surface area (Å²) in [6, 6.07) is 4.35. The number of rotatable bonds is 6. The smallest absolute Gasteiger partial charge is 0.318 e. The average Bonchev–Trinajstić information content (AvgIpc) is 2.40. The third-order valence-corrected chi connectivity index (χ3v) is 2.49. The molecule has 7 nitrogen and oxygen atoms in total. The van der Waals surface area contributed by atoms with Crippen LogP contribution in [0.2, 0.25) is 0 Å². The fourth-order valence-electron chi connectivity index (χ4n) is 1.58. The normalized spacial score (nSPS) is 11.6. The number of nitrogens with two attached hydrogens (primary N) is 2. The lowest BCUT2D eigenvalue weighted by molar-refractivity contribution is -0.126. The van der Waals surface area contributed by atoms with Crippen LogP contribution in [0.3, 0.4) is 0 Å². The molecule has 0 heterocycles. The van der Waals surface area contributed by atoms with E-state index in [4.69, 9.17) is 20.9 Å².